The maximum absolute atomic E-state index is 5.94. The third-order valence-corrected chi connectivity index (χ3v) is 6.54. The Morgan fingerprint density at radius 3 is 2.50 bits per heavy atom. The highest BCUT2D eigenvalue weighted by atomic mass is 32.2. The van der Waals surface area contributed by atoms with Crippen molar-refractivity contribution in [3.63, 3.8) is 0 Å². The molecule has 0 unspecified atom stereocenters. The molecule has 0 spiro atoms. The zero-order chi connectivity index (χ0) is 15.2. The van der Waals surface area contributed by atoms with Gasteiger partial charge in [0, 0.05) is 0 Å². The minimum absolute atomic E-state index is 0.554. The molecule has 1 saturated heterocycles. The molecular weight excluding hydrogens is 312 g/mol. The molecule has 0 atom stereocenters. The van der Waals surface area contributed by atoms with Crippen LogP contribution in [0, 0.1) is 0 Å². The van der Waals surface area contributed by atoms with Crippen LogP contribution in [-0.4, -0.2) is 18.6 Å². The molecule has 0 amide bonds. The fraction of sp³-hybridized carbons (Fsp3) is 0.333. The second kappa shape index (κ2) is 7.84. The molecule has 1 fully saturated rings. The first-order chi connectivity index (χ1) is 10.8. The molecule has 1 aliphatic heterocycles. The Kier molecular flexibility index (Phi) is 5.57. The second-order valence-electron chi connectivity index (χ2n) is 5.14. The van der Waals surface area contributed by atoms with E-state index in [4.69, 9.17) is 9.47 Å². The quantitative estimate of drug-likeness (QED) is 0.754. The Morgan fingerprint density at radius 2 is 1.77 bits per heavy atom. The van der Waals surface area contributed by atoms with Gasteiger partial charge in [-0.25, -0.2) is 0 Å². The van der Waals surface area contributed by atoms with Crippen LogP contribution in [-0.2, 0) is 6.61 Å². The fourth-order valence-corrected chi connectivity index (χ4v) is 5.19. The van der Waals surface area contributed by atoms with E-state index >= 15 is 0 Å². The summed E-state index contributed by atoms with van der Waals surface area (Å²) in [6, 6.07) is 16.5. The first-order valence-electron chi connectivity index (χ1n) is 7.44. The third kappa shape index (κ3) is 4.14. The summed E-state index contributed by atoms with van der Waals surface area (Å²) in [5, 5.41) is 0. The van der Waals surface area contributed by atoms with Crippen molar-refractivity contribution in [2.24, 2.45) is 0 Å². The molecule has 0 aromatic heterocycles. The summed E-state index contributed by atoms with van der Waals surface area (Å²) in [5.74, 6) is 4.33. The summed E-state index contributed by atoms with van der Waals surface area (Å²) in [5.41, 5.74) is 2.51. The van der Waals surface area contributed by atoms with E-state index in [1.54, 1.807) is 7.11 Å². The maximum atomic E-state index is 5.94. The van der Waals surface area contributed by atoms with Crippen molar-refractivity contribution >= 4 is 23.5 Å². The van der Waals surface area contributed by atoms with Gasteiger partial charge in [0.05, 0.1) is 11.7 Å². The minimum atomic E-state index is 0.554. The molecule has 2 aromatic carbocycles. The first-order valence-corrected chi connectivity index (χ1v) is 9.54. The van der Waals surface area contributed by atoms with Crippen molar-refractivity contribution in [1.82, 2.24) is 0 Å². The Labute approximate surface area is 140 Å². The van der Waals surface area contributed by atoms with E-state index in [-0.39, 0.29) is 0 Å². The molecule has 22 heavy (non-hydrogen) atoms. The molecule has 2 aromatic rings. The van der Waals surface area contributed by atoms with Crippen molar-refractivity contribution in [2.45, 2.75) is 17.6 Å². The van der Waals surface area contributed by atoms with Gasteiger partial charge in [-0.2, -0.15) is 0 Å². The van der Waals surface area contributed by atoms with E-state index in [1.165, 1.54) is 23.5 Å². The smallest absolute Gasteiger partial charge is 0.120 e. The van der Waals surface area contributed by atoms with Crippen molar-refractivity contribution in [3.8, 4) is 11.5 Å². The Hall–Kier alpha value is -1.26. The van der Waals surface area contributed by atoms with Crippen LogP contribution in [0.25, 0.3) is 0 Å². The van der Waals surface area contributed by atoms with Crippen LogP contribution in [0.2, 0.25) is 0 Å². The van der Waals surface area contributed by atoms with Crippen LogP contribution in [0.1, 0.15) is 22.1 Å². The van der Waals surface area contributed by atoms with Gasteiger partial charge in [-0.1, -0.05) is 24.3 Å². The predicted molar refractivity (Wildman–Crippen MR) is 96.0 cm³/mol. The monoisotopic (exact) mass is 332 g/mol. The lowest BCUT2D eigenvalue weighted by atomic mass is 10.2. The summed E-state index contributed by atoms with van der Waals surface area (Å²) >= 11 is 4.07. The van der Waals surface area contributed by atoms with Crippen LogP contribution >= 0.6 is 23.5 Å². The van der Waals surface area contributed by atoms with Gasteiger partial charge >= 0.3 is 0 Å². The maximum Gasteiger partial charge on any atom is 0.120 e. The molecule has 0 N–H and O–H groups in total. The van der Waals surface area contributed by atoms with E-state index in [9.17, 15) is 0 Å². The van der Waals surface area contributed by atoms with E-state index in [2.05, 4.69) is 18.2 Å². The Morgan fingerprint density at radius 1 is 1.00 bits per heavy atom. The van der Waals surface area contributed by atoms with Crippen molar-refractivity contribution in [1.29, 1.82) is 0 Å². The lowest BCUT2D eigenvalue weighted by molar-refractivity contribution is 0.305. The zero-order valence-electron chi connectivity index (χ0n) is 12.7. The predicted octanol–water partition coefficient (Wildman–Crippen LogP) is 5.14. The Bertz CT molecular complexity index is 592. The van der Waals surface area contributed by atoms with Gasteiger partial charge < -0.3 is 9.47 Å². The van der Waals surface area contributed by atoms with Gasteiger partial charge in [0.25, 0.3) is 0 Å². The van der Waals surface area contributed by atoms with Crippen LogP contribution in [0.3, 0.4) is 0 Å². The summed E-state index contributed by atoms with van der Waals surface area (Å²) < 4.78 is 11.7. The number of thioether (sulfide) groups is 2. The lowest BCUT2D eigenvalue weighted by Gasteiger charge is -2.21. The molecule has 2 nitrogen and oxygen atoms in total. The van der Waals surface area contributed by atoms with Crippen LogP contribution < -0.4 is 9.47 Å². The van der Waals surface area contributed by atoms with E-state index < -0.39 is 0 Å². The molecule has 4 heteroatoms. The van der Waals surface area contributed by atoms with Crippen molar-refractivity contribution < 1.29 is 9.47 Å². The highest BCUT2D eigenvalue weighted by molar-refractivity contribution is 8.16. The average molecular weight is 332 g/mol. The van der Waals surface area contributed by atoms with Crippen molar-refractivity contribution in [2.75, 3.05) is 18.6 Å². The first kappa shape index (κ1) is 15.6. The van der Waals surface area contributed by atoms with E-state index in [0.29, 0.717) is 11.2 Å². The number of rotatable bonds is 5. The SMILES string of the molecule is COc1ccc(COc2cccc(C3SCCCS3)c2)cc1. The molecule has 1 heterocycles. The normalized spacial score (nSPS) is 15.5. The molecule has 0 radical (unpaired) electrons. The molecule has 0 saturated carbocycles. The third-order valence-electron chi connectivity index (χ3n) is 3.52. The summed E-state index contributed by atoms with van der Waals surface area (Å²) in [6.07, 6.45) is 1.32. The minimum Gasteiger partial charge on any atom is -0.497 e. The standard InChI is InChI=1S/C18H20O2S2/c1-19-16-8-6-14(7-9-16)13-20-17-5-2-4-15(12-17)18-21-10-3-11-22-18/h2,4-9,12,18H,3,10-11,13H2,1H3. The highest BCUT2D eigenvalue weighted by Gasteiger charge is 2.16. The summed E-state index contributed by atoms with van der Waals surface area (Å²) in [6.45, 7) is 0.582. The highest BCUT2D eigenvalue weighted by Crippen LogP contribution is 2.44. The average Bonchev–Trinajstić information content (AvgIpc) is 2.61. The van der Waals surface area contributed by atoms with Gasteiger partial charge in [0.2, 0.25) is 0 Å². The fourth-order valence-electron chi connectivity index (χ4n) is 2.32. The largest absolute Gasteiger partial charge is 0.497 e. The van der Waals surface area contributed by atoms with Crippen LogP contribution in [0.5, 0.6) is 11.5 Å². The topological polar surface area (TPSA) is 18.5 Å². The van der Waals surface area contributed by atoms with Gasteiger partial charge in [0.1, 0.15) is 18.1 Å². The number of hydrogen-bond acceptors (Lipinski definition) is 4. The van der Waals surface area contributed by atoms with Gasteiger partial charge in [-0.05, 0) is 53.3 Å². The molecule has 3 rings (SSSR count). The Balaban J connectivity index is 1.62. The van der Waals surface area contributed by atoms with E-state index in [1.807, 2.05) is 53.9 Å². The number of ether oxygens (including phenoxy) is 2. The van der Waals surface area contributed by atoms with Crippen LogP contribution in [0.15, 0.2) is 48.5 Å². The molecule has 1 aliphatic rings. The van der Waals surface area contributed by atoms with E-state index in [0.717, 1.165) is 17.1 Å². The summed E-state index contributed by atoms with van der Waals surface area (Å²) in [4.78, 5) is 0. The number of benzene rings is 2. The number of methoxy groups -OCH3 is 1. The molecule has 0 bridgehead atoms. The van der Waals surface area contributed by atoms with Crippen LogP contribution in [0.4, 0.5) is 0 Å². The summed E-state index contributed by atoms with van der Waals surface area (Å²) in [7, 11) is 1.68. The molecular formula is C18H20O2S2. The van der Waals surface area contributed by atoms with Gasteiger partial charge in [0.15, 0.2) is 0 Å². The molecule has 0 aliphatic carbocycles. The van der Waals surface area contributed by atoms with Gasteiger partial charge in [-0.3, -0.25) is 0 Å². The van der Waals surface area contributed by atoms with Gasteiger partial charge in [-0.15, -0.1) is 23.5 Å². The van der Waals surface area contributed by atoms with Crippen molar-refractivity contribution in [3.05, 3.63) is 59.7 Å². The zero-order valence-corrected chi connectivity index (χ0v) is 14.3. The second-order valence-corrected chi connectivity index (χ2v) is 7.86. The lowest BCUT2D eigenvalue weighted by Crippen LogP contribution is -2.01. The molecule has 116 valence electrons. The number of hydrogen-bond donors (Lipinski definition) is 0.